The molecular weight excluding hydrogens is 441 g/mol. The van der Waals surface area contributed by atoms with E-state index in [0.29, 0.717) is 47.9 Å². The number of hydrogen-bond donors (Lipinski definition) is 2. The Hall–Kier alpha value is -2.06. The molecule has 9 heteroatoms. The minimum absolute atomic E-state index is 0.170. The van der Waals surface area contributed by atoms with Gasteiger partial charge in [-0.25, -0.2) is 9.97 Å². The Morgan fingerprint density at radius 1 is 1.06 bits per heavy atom. The second-order valence-electron chi connectivity index (χ2n) is 8.56. The summed E-state index contributed by atoms with van der Waals surface area (Å²) in [5.74, 6) is 0.747. The number of alkyl halides is 3. The van der Waals surface area contributed by atoms with Gasteiger partial charge in [-0.15, -0.1) is 0 Å². The van der Waals surface area contributed by atoms with Crippen LogP contribution in [0.15, 0.2) is 24.4 Å². The highest BCUT2D eigenvalue weighted by atomic mass is 35.5. The summed E-state index contributed by atoms with van der Waals surface area (Å²) in [4.78, 5) is 8.70. The van der Waals surface area contributed by atoms with Crippen LogP contribution in [0.2, 0.25) is 5.02 Å². The van der Waals surface area contributed by atoms with Crippen LogP contribution in [0.1, 0.15) is 50.5 Å². The summed E-state index contributed by atoms with van der Waals surface area (Å²) >= 11 is 6.37. The molecule has 1 saturated carbocycles. The molecule has 174 valence electrons. The van der Waals surface area contributed by atoms with E-state index in [-0.39, 0.29) is 11.7 Å². The minimum atomic E-state index is -4.50. The summed E-state index contributed by atoms with van der Waals surface area (Å²) in [5, 5.41) is 6.72. The molecule has 2 aromatic heterocycles. The fraction of sp³-hybridized carbons (Fsp3) is 0.565. The lowest BCUT2D eigenvalue weighted by molar-refractivity contribution is -0.137. The second-order valence-corrected chi connectivity index (χ2v) is 8.96. The van der Waals surface area contributed by atoms with E-state index in [1.165, 1.54) is 31.5 Å². The van der Waals surface area contributed by atoms with E-state index in [1.54, 1.807) is 6.07 Å². The molecule has 0 amide bonds. The van der Waals surface area contributed by atoms with Gasteiger partial charge in [-0.3, -0.25) is 0 Å². The van der Waals surface area contributed by atoms with E-state index in [0.717, 1.165) is 31.7 Å². The van der Waals surface area contributed by atoms with Crippen molar-refractivity contribution in [3.05, 3.63) is 35.0 Å². The van der Waals surface area contributed by atoms with Gasteiger partial charge >= 0.3 is 6.18 Å². The molecule has 1 aliphatic heterocycles. The van der Waals surface area contributed by atoms with Gasteiger partial charge in [0.25, 0.3) is 0 Å². The molecule has 1 aliphatic carbocycles. The van der Waals surface area contributed by atoms with Crippen molar-refractivity contribution in [2.45, 2.75) is 57.2 Å². The molecule has 0 bridgehead atoms. The molecule has 1 saturated heterocycles. The van der Waals surface area contributed by atoms with Crippen LogP contribution in [-0.2, 0) is 10.9 Å². The topological polar surface area (TPSA) is 59.1 Å². The fourth-order valence-corrected chi connectivity index (χ4v) is 4.53. The van der Waals surface area contributed by atoms with Gasteiger partial charge in [0, 0.05) is 37.6 Å². The molecule has 2 aliphatic rings. The highest BCUT2D eigenvalue weighted by Gasteiger charge is 2.35. The average Bonchev–Trinajstić information content (AvgIpc) is 2.79. The first-order valence-corrected chi connectivity index (χ1v) is 11.6. The highest BCUT2D eigenvalue weighted by Crippen LogP contribution is 2.37. The van der Waals surface area contributed by atoms with Crippen molar-refractivity contribution in [2.75, 3.05) is 30.4 Å². The Kier molecular flexibility index (Phi) is 7.40. The quantitative estimate of drug-likeness (QED) is 0.513. The van der Waals surface area contributed by atoms with Crippen molar-refractivity contribution in [3.63, 3.8) is 0 Å². The Morgan fingerprint density at radius 2 is 1.81 bits per heavy atom. The van der Waals surface area contributed by atoms with Crippen LogP contribution in [0.5, 0.6) is 0 Å². The summed E-state index contributed by atoms with van der Waals surface area (Å²) in [6.45, 7) is 1.69. The average molecular weight is 469 g/mol. The van der Waals surface area contributed by atoms with Crippen LogP contribution in [0, 0.1) is 5.92 Å². The number of anilines is 2. The predicted octanol–water partition coefficient (Wildman–Crippen LogP) is 6.40. The SMILES string of the molecule is FC(F)(F)c1ccc(-c2cc(NC3CCCCC3)ncc2Cl)nc1NCC1CCOCC1. The molecule has 32 heavy (non-hydrogen) atoms. The lowest BCUT2D eigenvalue weighted by Crippen LogP contribution is -2.24. The largest absolute Gasteiger partial charge is 0.419 e. The van der Waals surface area contributed by atoms with Gasteiger partial charge in [0.1, 0.15) is 11.6 Å². The normalized spacial score (nSPS) is 18.5. The lowest BCUT2D eigenvalue weighted by Gasteiger charge is -2.24. The Balaban J connectivity index is 1.58. The zero-order valence-electron chi connectivity index (χ0n) is 17.8. The van der Waals surface area contributed by atoms with Crippen molar-refractivity contribution >= 4 is 23.2 Å². The molecule has 2 aromatic rings. The number of ether oxygens (including phenoxy) is 1. The van der Waals surface area contributed by atoms with Crippen molar-refractivity contribution in [2.24, 2.45) is 5.92 Å². The Bertz CT molecular complexity index is 913. The van der Waals surface area contributed by atoms with Crippen molar-refractivity contribution in [1.29, 1.82) is 0 Å². The van der Waals surface area contributed by atoms with Gasteiger partial charge in [0.2, 0.25) is 0 Å². The van der Waals surface area contributed by atoms with Crippen molar-refractivity contribution in [3.8, 4) is 11.3 Å². The van der Waals surface area contributed by atoms with E-state index < -0.39 is 11.7 Å². The number of nitrogens with zero attached hydrogens (tertiary/aromatic N) is 2. The Morgan fingerprint density at radius 3 is 2.53 bits per heavy atom. The van der Waals surface area contributed by atoms with Crippen LogP contribution >= 0.6 is 11.6 Å². The van der Waals surface area contributed by atoms with Gasteiger partial charge in [-0.1, -0.05) is 30.9 Å². The van der Waals surface area contributed by atoms with Crippen LogP contribution in [0.3, 0.4) is 0 Å². The number of rotatable bonds is 6. The molecule has 2 N–H and O–H groups in total. The summed E-state index contributed by atoms with van der Waals surface area (Å²) in [6.07, 6.45) is 4.44. The van der Waals surface area contributed by atoms with E-state index >= 15 is 0 Å². The summed E-state index contributed by atoms with van der Waals surface area (Å²) in [7, 11) is 0. The molecule has 0 radical (unpaired) electrons. The molecule has 0 spiro atoms. The van der Waals surface area contributed by atoms with Gasteiger partial charge in [0.15, 0.2) is 0 Å². The number of halogens is 4. The molecule has 0 aromatic carbocycles. The maximum Gasteiger partial charge on any atom is 0.419 e. The highest BCUT2D eigenvalue weighted by molar-refractivity contribution is 6.33. The van der Waals surface area contributed by atoms with E-state index in [4.69, 9.17) is 16.3 Å². The molecule has 0 unspecified atom stereocenters. The van der Waals surface area contributed by atoms with Crippen LogP contribution < -0.4 is 10.6 Å². The zero-order chi connectivity index (χ0) is 22.6. The third-order valence-electron chi connectivity index (χ3n) is 6.19. The summed E-state index contributed by atoms with van der Waals surface area (Å²) in [6, 6.07) is 4.56. The maximum absolute atomic E-state index is 13.6. The summed E-state index contributed by atoms with van der Waals surface area (Å²) < 4.78 is 46.2. The maximum atomic E-state index is 13.6. The molecule has 3 heterocycles. The molecular formula is C23H28ClF3N4O. The third kappa shape index (κ3) is 5.84. The van der Waals surface area contributed by atoms with Crippen molar-refractivity contribution in [1.82, 2.24) is 9.97 Å². The minimum Gasteiger partial charge on any atom is -0.381 e. The number of nitrogens with one attached hydrogen (secondary N) is 2. The van der Waals surface area contributed by atoms with E-state index in [1.807, 2.05) is 0 Å². The van der Waals surface area contributed by atoms with E-state index in [2.05, 4.69) is 20.6 Å². The Labute approximate surface area is 191 Å². The van der Waals surface area contributed by atoms with Crippen LogP contribution in [-0.4, -0.2) is 35.8 Å². The molecule has 2 fully saturated rings. The van der Waals surface area contributed by atoms with Gasteiger partial charge in [0.05, 0.1) is 16.3 Å². The third-order valence-corrected chi connectivity index (χ3v) is 6.49. The molecule has 5 nitrogen and oxygen atoms in total. The number of aromatic nitrogens is 2. The number of pyridine rings is 2. The van der Waals surface area contributed by atoms with E-state index in [9.17, 15) is 13.2 Å². The molecule has 4 rings (SSSR count). The van der Waals surface area contributed by atoms with Gasteiger partial charge in [-0.05, 0) is 49.8 Å². The number of hydrogen-bond acceptors (Lipinski definition) is 5. The standard InChI is InChI=1S/C23H28ClF3N4O/c24-19-14-28-21(30-16-4-2-1-3-5-16)12-17(19)20-7-6-18(23(25,26)27)22(31-20)29-13-15-8-10-32-11-9-15/h6-7,12,14-16H,1-5,8-11,13H2,(H,28,30)(H,29,31). The molecule has 0 atom stereocenters. The van der Waals surface area contributed by atoms with Crippen LogP contribution in [0.25, 0.3) is 11.3 Å². The first-order valence-electron chi connectivity index (χ1n) is 11.2. The second kappa shape index (κ2) is 10.3. The monoisotopic (exact) mass is 468 g/mol. The van der Waals surface area contributed by atoms with Crippen LogP contribution in [0.4, 0.5) is 24.8 Å². The fourth-order valence-electron chi connectivity index (χ4n) is 4.33. The first kappa shape index (κ1) is 23.1. The first-order chi connectivity index (χ1) is 15.4. The lowest BCUT2D eigenvalue weighted by atomic mass is 9.95. The summed E-state index contributed by atoms with van der Waals surface area (Å²) in [5.41, 5.74) is 0.161. The van der Waals surface area contributed by atoms with Crippen molar-refractivity contribution < 1.29 is 17.9 Å². The predicted molar refractivity (Wildman–Crippen MR) is 120 cm³/mol. The smallest absolute Gasteiger partial charge is 0.381 e. The van der Waals surface area contributed by atoms with Gasteiger partial charge < -0.3 is 15.4 Å². The zero-order valence-corrected chi connectivity index (χ0v) is 18.6. The van der Waals surface area contributed by atoms with Gasteiger partial charge in [-0.2, -0.15) is 13.2 Å².